The van der Waals surface area contributed by atoms with Crippen LogP contribution in [0.25, 0.3) is 0 Å². The molecule has 0 aromatic heterocycles. The number of carbonyl (C=O) groups is 1. The molecule has 1 N–H and O–H groups in total. The van der Waals surface area contributed by atoms with E-state index in [9.17, 15) is 4.79 Å². The molecule has 4 heteroatoms. The third-order valence-corrected chi connectivity index (χ3v) is 2.65. The Labute approximate surface area is 91.8 Å². The summed E-state index contributed by atoms with van der Waals surface area (Å²) < 4.78 is 0. The van der Waals surface area contributed by atoms with E-state index in [0.717, 1.165) is 13.0 Å². The van der Waals surface area contributed by atoms with Gasteiger partial charge in [-0.25, -0.2) is 0 Å². The second-order valence-electron chi connectivity index (χ2n) is 3.52. The molecule has 1 unspecified atom stereocenters. The van der Waals surface area contributed by atoms with E-state index in [1.165, 1.54) is 0 Å². The average molecular weight is 221 g/mol. The van der Waals surface area contributed by atoms with Gasteiger partial charge in [0.2, 0.25) is 5.91 Å². The number of rotatable bonds is 7. The van der Waals surface area contributed by atoms with Gasteiger partial charge in [0.25, 0.3) is 0 Å². The number of nitrogens with zero attached hydrogens (tertiary/aromatic N) is 1. The molecule has 0 rings (SSSR count). The zero-order valence-electron chi connectivity index (χ0n) is 9.35. The van der Waals surface area contributed by atoms with Crippen LogP contribution in [-0.2, 0) is 4.79 Å². The minimum absolute atomic E-state index is 0.0991. The van der Waals surface area contributed by atoms with Crippen LogP contribution in [0, 0.1) is 0 Å². The molecule has 0 saturated carbocycles. The number of hydrogen-bond donors (Lipinski definition) is 1. The van der Waals surface area contributed by atoms with E-state index in [1.807, 2.05) is 0 Å². The summed E-state index contributed by atoms with van der Waals surface area (Å²) in [6.45, 7) is 5.92. The third-order valence-electron chi connectivity index (χ3n) is 2.38. The van der Waals surface area contributed by atoms with Crippen molar-refractivity contribution in [3.63, 3.8) is 0 Å². The van der Waals surface area contributed by atoms with Crippen LogP contribution in [0.1, 0.15) is 26.7 Å². The molecule has 0 heterocycles. The van der Waals surface area contributed by atoms with Crippen molar-refractivity contribution in [2.75, 3.05) is 26.0 Å². The monoisotopic (exact) mass is 220 g/mol. The molecule has 0 aromatic rings. The molecule has 0 spiro atoms. The summed E-state index contributed by atoms with van der Waals surface area (Å²) in [7, 11) is 2.05. The van der Waals surface area contributed by atoms with Crippen molar-refractivity contribution in [1.29, 1.82) is 0 Å². The third kappa shape index (κ3) is 6.22. The number of nitrogens with one attached hydrogen (secondary N) is 1. The maximum atomic E-state index is 11.2. The molecule has 0 fully saturated rings. The van der Waals surface area contributed by atoms with E-state index in [4.69, 9.17) is 11.6 Å². The lowest BCUT2D eigenvalue weighted by Crippen LogP contribution is -2.39. The van der Waals surface area contributed by atoms with Crippen LogP contribution < -0.4 is 5.32 Å². The summed E-state index contributed by atoms with van der Waals surface area (Å²) in [6.07, 6.45) is 1.29. The van der Waals surface area contributed by atoms with Gasteiger partial charge in [0.05, 0.1) is 0 Å². The largest absolute Gasteiger partial charge is 0.355 e. The standard InChI is InChI=1S/C10H21ClN2O/c1-4-13(3)9(2)8-12-10(14)6-5-7-11/h9H,4-8H2,1-3H3,(H,12,14). The van der Waals surface area contributed by atoms with Crippen LogP contribution in [0.3, 0.4) is 0 Å². The summed E-state index contributed by atoms with van der Waals surface area (Å²) in [5.74, 6) is 0.652. The van der Waals surface area contributed by atoms with Crippen LogP contribution >= 0.6 is 11.6 Å². The van der Waals surface area contributed by atoms with Crippen LogP contribution in [0.5, 0.6) is 0 Å². The van der Waals surface area contributed by atoms with Crippen molar-refractivity contribution in [2.45, 2.75) is 32.7 Å². The first-order chi connectivity index (χ1) is 6.61. The Morgan fingerprint density at radius 3 is 2.71 bits per heavy atom. The van der Waals surface area contributed by atoms with E-state index in [0.29, 0.717) is 24.9 Å². The van der Waals surface area contributed by atoms with Crippen LogP contribution in [-0.4, -0.2) is 42.9 Å². The van der Waals surface area contributed by atoms with Crippen LogP contribution in [0.4, 0.5) is 0 Å². The van der Waals surface area contributed by atoms with Gasteiger partial charge in [-0.1, -0.05) is 6.92 Å². The molecule has 0 aliphatic carbocycles. The number of carbonyl (C=O) groups excluding carboxylic acids is 1. The predicted molar refractivity (Wildman–Crippen MR) is 60.7 cm³/mol. The molecule has 0 saturated heterocycles. The first kappa shape index (κ1) is 13.7. The van der Waals surface area contributed by atoms with Crippen molar-refractivity contribution in [3.8, 4) is 0 Å². The highest BCUT2D eigenvalue weighted by atomic mass is 35.5. The molecule has 84 valence electrons. The maximum absolute atomic E-state index is 11.2. The topological polar surface area (TPSA) is 32.3 Å². The van der Waals surface area contributed by atoms with E-state index < -0.39 is 0 Å². The number of amides is 1. The van der Waals surface area contributed by atoms with Gasteiger partial charge in [-0.3, -0.25) is 4.79 Å². The first-order valence-corrected chi connectivity index (χ1v) is 5.68. The lowest BCUT2D eigenvalue weighted by molar-refractivity contribution is -0.121. The normalized spacial score (nSPS) is 12.9. The van der Waals surface area contributed by atoms with Gasteiger partial charge in [0.15, 0.2) is 0 Å². The Balaban J connectivity index is 3.55. The molecule has 0 aliphatic heterocycles. The molecule has 3 nitrogen and oxygen atoms in total. The number of alkyl halides is 1. The number of halogens is 1. The smallest absolute Gasteiger partial charge is 0.220 e. The molecule has 14 heavy (non-hydrogen) atoms. The average Bonchev–Trinajstić information content (AvgIpc) is 2.21. The second-order valence-corrected chi connectivity index (χ2v) is 3.90. The SMILES string of the molecule is CCN(C)C(C)CNC(=O)CCCCl. The van der Waals surface area contributed by atoms with Gasteiger partial charge in [0.1, 0.15) is 0 Å². The van der Waals surface area contributed by atoms with Gasteiger partial charge in [-0.05, 0) is 26.9 Å². The summed E-state index contributed by atoms with van der Waals surface area (Å²) in [6, 6.07) is 0.389. The van der Waals surface area contributed by atoms with Gasteiger partial charge >= 0.3 is 0 Å². The number of hydrogen-bond acceptors (Lipinski definition) is 2. The fourth-order valence-electron chi connectivity index (χ4n) is 1.04. The molecule has 0 bridgehead atoms. The molecule has 0 radical (unpaired) electrons. The Morgan fingerprint density at radius 2 is 2.21 bits per heavy atom. The van der Waals surface area contributed by atoms with Crippen molar-refractivity contribution in [3.05, 3.63) is 0 Å². The fourth-order valence-corrected chi connectivity index (χ4v) is 1.18. The lowest BCUT2D eigenvalue weighted by Gasteiger charge is -2.23. The lowest BCUT2D eigenvalue weighted by atomic mass is 10.2. The zero-order valence-corrected chi connectivity index (χ0v) is 10.1. The van der Waals surface area contributed by atoms with Crippen molar-refractivity contribution in [1.82, 2.24) is 10.2 Å². The molecule has 1 atom stereocenters. The molecular formula is C10H21ClN2O. The highest BCUT2D eigenvalue weighted by molar-refractivity contribution is 6.17. The Kier molecular flexibility index (Phi) is 7.90. The fraction of sp³-hybridized carbons (Fsp3) is 0.900. The maximum Gasteiger partial charge on any atom is 0.220 e. The van der Waals surface area contributed by atoms with Crippen LogP contribution in [0.15, 0.2) is 0 Å². The second kappa shape index (κ2) is 8.06. The van der Waals surface area contributed by atoms with E-state index in [2.05, 4.69) is 31.1 Å². The minimum atomic E-state index is 0.0991. The molecule has 1 amide bonds. The Hall–Kier alpha value is -0.280. The molecule has 0 aliphatic rings. The van der Waals surface area contributed by atoms with Crippen molar-refractivity contribution >= 4 is 17.5 Å². The zero-order chi connectivity index (χ0) is 11.0. The van der Waals surface area contributed by atoms with Gasteiger partial charge in [0, 0.05) is 24.9 Å². The number of likely N-dealkylation sites (N-methyl/N-ethyl adjacent to an activating group) is 1. The quantitative estimate of drug-likeness (QED) is 0.659. The van der Waals surface area contributed by atoms with E-state index in [1.54, 1.807) is 0 Å². The molecular weight excluding hydrogens is 200 g/mol. The van der Waals surface area contributed by atoms with E-state index in [-0.39, 0.29) is 5.91 Å². The minimum Gasteiger partial charge on any atom is -0.355 e. The van der Waals surface area contributed by atoms with Gasteiger partial charge < -0.3 is 10.2 Å². The highest BCUT2D eigenvalue weighted by Crippen LogP contribution is 1.94. The summed E-state index contributed by atoms with van der Waals surface area (Å²) in [5, 5.41) is 2.89. The summed E-state index contributed by atoms with van der Waals surface area (Å²) in [4.78, 5) is 13.4. The van der Waals surface area contributed by atoms with Crippen LogP contribution in [0.2, 0.25) is 0 Å². The Morgan fingerprint density at radius 1 is 1.57 bits per heavy atom. The first-order valence-electron chi connectivity index (χ1n) is 5.14. The predicted octanol–water partition coefficient (Wildman–Crippen LogP) is 1.46. The highest BCUT2D eigenvalue weighted by Gasteiger charge is 2.08. The Bertz CT molecular complexity index is 164. The van der Waals surface area contributed by atoms with Gasteiger partial charge in [-0.2, -0.15) is 0 Å². The van der Waals surface area contributed by atoms with E-state index >= 15 is 0 Å². The van der Waals surface area contributed by atoms with Crippen molar-refractivity contribution < 1.29 is 4.79 Å². The molecule has 0 aromatic carbocycles. The summed E-state index contributed by atoms with van der Waals surface area (Å²) in [5.41, 5.74) is 0. The van der Waals surface area contributed by atoms with Gasteiger partial charge in [-0.15, -0.1) is 11.6 Å². The van der Waals surface area contributed by atoms with Crippen molar-refractivity contribution in [2.24, 2.45) is 0 Å². The summed E-state index contributed by atoms with van der Waals surface area (Å²) >= 11 is 5.49.